The normalized spacial score (nSPS) is 14.7. The molecule has 0 spiro atoms. The summed E-state index contributed by atoms with van der Waals surface area (Å²) in [5, 5.41) is 2.99. The van der Waals surface area contributed by atoms with Crippen LogP contribution in [0.1, 0.15) is 20.8 Å². The molecule has 0 radical (unpaired) electrons. The lowest BCUT2D eigenvalue weighted by molar-refractivity contribution is 0.123. The number of allylic oxidation sites excluding steroid dienone is 1. The first-order chi connectivity index (χ1) is 10.7. The Morgan fingerprint density at radius 3 is 2.45 bits per heavy atom. The molecule has 0 amide bonds. The van der Waals surface area contributed by atoms with Gasteiger partial charge in [-0.25, -0.2) is 9.98 Å². The first kappa shape index (κ1) is 17.9. The van der Waals surface area contributed by atoms with Gasteiger partial charge in [-0.1, -0.05) is 32.6 Å². The molecule has 0 saturated carbocycles. The van der Waals surface area contributed by atoms with E-state index in [1.807, 2.05) is 39.0 Å². The fourth-order valence-electron chi connectivity index (χ4n) is 2.04. The van der Waals surface area contributed by atoms with E-state index in [-0.39, 0.29) is 0 Å². The predicted octanol–water partition coefficient (Wildman–Crippen LogP) is 3.36. The van der Waals surface area contributed by atoms with Crippen LogP contribution < -0.4 is 10.2 Å². The van der Waals surface area contributed by atoms with Crippen LogP contribution in [0.5, 0.6) is 0 Å². The molecule has 1 heterocycles. The number of nitrogens with zero attached hydrogens (tertiary/aromatic N) is 3. The summed E-state index contributed by atoms with van der Waals surface area (Å²) in [7, 11) is 0. The Morgan fingerprint density at radius 1 is 1.23 bits per heavy atom. The van der Waals surface area contributed by atoms with E-state index in [0.29, 0.717) is 5.96 Å². The van der Waals surface area contributed by atoms with Gasteiger partial charge in [-0.3, -0.25) is 0 Å². The highest BCUT2D eigenvalue weighted by molar-refractivity contribution is 5.89. The summed E-state index contributed by atoms with van der Waals surface area (Å²) >= 11 is 0. The lowest BCUT2D eigenvalue weighted by atomic mass is 10.2. The minimum atomic E-state index is 0.457. The number of ether oxygens (including phenoxy) is 1. The SMILES string of the molecule is C=NC(=Nc1ccccc1N1CCOCC1)NC(=C)C.CC. The van der Waals surface area contributed by atoms with E-state index in [1.165, 1.54) is 0 Å². The molecular weight excluding hydrogens is 276 g/mol. The number of guanidine groups is 1. The van der Waals surface area contributed by atoms with Crippen LogP contribution >= 0.6 is 0 Å². The average molecular weight is 302 g/mol. The molecule has 2 rings (SSSR count). The molecule has 5 nitrogen and oxygen atoms in total. The van der Waals surface area contributed by atoms with Crippen molar-refractivity contribution in [1.82, 2.24) is 5.32 Å². The fraction of sp³-hybridized carbons (Fsp3) is 0.412. The minimum Gasteiger partial charge on any atom is -0.378 e. The maximum absolute atomic E-state index is 5.39. The van der Waals surface area contributed by atoms with E-state index < -0.39 is 0 Å². The van der Waals surface area contributed by atoms with Crippen LogP contribution in [0.2, 0.25) is 0 Å². The Hall–Kier alpha value is -2.14. The molecule has 1 saturated heterocycles. The van der Waals surface area contributed by atoms with Gasteiger partial charge >= 0.3 is 0 Å². The third-order valence-electron chi connectivity index (χ3n) is 2.93. The molecule has 0 atom stereocenters. The van der Waals surface area contributed by atoms with E-state index in [4.69, 9.17) is 4.74 Å². The van der Waals surface area contributed by atoms with Crippen LogP contribution in [-0.4, -0.2) is 39.0 Å². The Labute approximate surface area is 133 Å². The number of benzene rings is 1. The topological polar surface area (TPSA) is 49.2 Å². The molecule has 1 aliphatic heterocycles. The number of hydrogen-bond donors (Lipinski definition) is 1. The standard InChI is InChI=1S/C15H20N4O.C2H6/c1-12(2)17-15(16-3)18-13-6-4-5-7-14(13)19-8-10-20-11-9-19;1-2/h4-7H,1,3,8-11H2,2H3,(H,17,18);1-2H3. The second-order valence-corrected chi connectivity index (χ2v) is 4.59. The summed E-state index contributed by atoms with van der Waals surface area (Å²) in [5.41, 5.74) is 2.73. The Balaban J connectivity index is 0.00000116. The third-order valence-corrected chi connectivity index (χ3v) is 2.93. The summed E-state index contributed by atoms with van der Waals surface area (Å²) in [5.74, 6) is 0.457. The van der Waals surface area contributed by atoms with E-state index in [0.717, 1.165) is 43.4 Å². The van der Waals surface area contributed by atoms with Gasteiger partial charge in [0.2, 0.25) is 5.96 Å². The van der Waals surface area contributed by atoms with Crippen LogP contribution in [0, 0.1) is 0 Å². The molecule has 1 N–H and O–H groups in total. The van der Waals surface area contributed by atoms with Crippen molar-refractivity contribution in [2.45, 2.75) is 20.8 Å². The highest BCUT2D eigenvalue weighted by atomic mass is 16.5. The highest BCUT2D eigenvalue weighted by Crippen LogP contribution is 2.29. The van der Waals surface area contributed by atoms with Crippen molar-refractivity contribution in [1.29, 1.82) is 0 Å². The third kappa shape index (κ3) is 5.33. The first-order valence-corrected chi connectivity index (χ1v) is 7.60. The van der Waals surface area contributed by atoms with Gasteiger partial charge in [0.1, 0.15) is 0 Å². The smallest absolute Gasteiger partial charge is 0.226 e. The van der Waals surface area contributed by atoms with Crippen molar-refractivity contribution in [3.05, 3.63) is 36.5 Å². The van der Waals surface area contributed by atoms with Crippen molar-refractivity contribution in [3.63, 3.8) is 0 Å². The van der Waals surface area contributed by atoms with Gasteiger partial charge in [0.25, 0.3) is 0 Å². The summed E-state index contributed by atoms with van der Waals surface area (Å²) in [4.78, 5) is 10.7. The van der Waals surface area contributed by atoms with Crippen LogP contribution in [-0.2, 0) is 4.74 Å². The van der Waals surface area contributed by atoms with Gasteiger partial charge in [-0.2, -0.15) is 0 Å². The zero-order valence-corrected chi connectivity index (χ0v) is 13.8. The second-order valence-electron chi connectivity index (χ2n) is 4.59. The van der Waals surface area contributed by atoms with E-state index in [1.54, 1.807) is 0 Å². The Bertz CT molecular complexity index is 519. The summed E-state index contributed by atoms with van der Waals surface area (Å²) in [6, 6.07) is 8.00. The van der Waals surface area contributed by atoms with E-state index in [9.17, 15) is 0 Å². The molecule has 5 heteroatoms. The Morgan fingerprint density at radius 2 is 1.86 bits per heavy atom. The molecule has 120 valence electrons. The molecule has 0 aliphatic carbocycles. The molecule has 1 aromatic carbocycles. The van der Waals surface area contributed by atoms with Crippen molar-refractivity contribution < 1.29 is 4.74 Å². The highest BCUT2D eigenvalue weighted by Gasteiger charge is 2.14. The fourth-order valence-corrected chi connectivity index (χ4v) is 2.04. The molecule has 0 aromatic heterocycles. The molecule has 1 aliphatic rings. The second kappa shape index (κ2) is 9.73. The maximum Gasteiger partial charge on any atom is 0.226 e. The number of nitrogens with one attached hydrogen (secondary N) is 1. The van der Waals surface area contributed by atoms with Gasteiger partial charge in [0, 0.05) is 18.8 Å². The monoisotopic (exact) mass is 302 g/mol. The van der Waals surface area contributed by atoms with Crippen molar-refractivity contribution in [2.75, 3.05) is 31.2 Å². The van der Waals surface area contributed by atoms with Gasteiger partial charge in [0.15, 0.2) is 0 Å². The summed E-state index contributed by atoms with van der Waals surface area (Å²) < 4.78 is 5.39. The number of aliphatic imine (C=N–C) groups is 2. The van der Waals surface area contributed by atoms with Crippen LogP contribution in [0.4, 0.5) is 11.4 Å². The summed E-state index contributed by atoms with van der Waals surface area (Å²) in [6.45, 7) is 16.4. The van der Waals surface area contributed by atoms with Crippen LogP contribution in [0.25, 0.3) is 0 Å². The predicted molar refractivity (Wildman–Crippen MR) is 95.4 cm³/mol. The van der Waals surface area contributed by atoms with Crippen molar-refractivity contribution in [3.8, 4) is 0 Å². The zero-order chi connectivity index (χ0) is 16.4. The van der Waals surface area contributed by atoms with Gasteiger partial charge in [0.05, 0.1) is 24.6 Å². The number of rotatable bonds is 3. The van der Waals surface area contributed by atoms with E-state index >= 15 is 0 Å². The molecule has 0 bridgehead atoms. The van der Waals surface area contributed by atoms with Gasteiger partial charge < -0.3 is 15.0 Å². The van der Waals surface area contributed by atoms with Crippen molar-refractivity contribution in [2.24, 2.45) is 9.98 Å². The molecular formula is C17H26N4O. The van der Waals surface area contributed by atoms with Crippen LogP contribution in [0.3, 0.4) is 0 Å². The minimum absolute atomic E-state index is 0.457. The van der Waals surface area contributed by atoms with Gasteiger partial charge in [-0.15, -0.1) is 0 Å². The van der Waals surface area contributed by atoms with Gasteiger partial charge in [-0.05, 0) is 25.8 Å². The summed E-state index contributed by atoms with van der Waals surface area (Å²) in [6.07, 6.45) is 0. The number of hydrogen-bond acceptors (Lipinski definition) is 3. The number of anilines is 1. The van der Waals surface area contributed by atoms with Crippen molar-refractivity contribution >= 4 is 24.1 Å². The number of morpholine rings is 1. The lowest BCUT2D eigenvalue weighted by Gasteiger charge is -2.29. The maximum atomic E-state index is 5.39. The van der Waals surface area contributed by atoms with E-state index in [2.05, 4.69) is 39.6 Å². The number of para-hydroxylation sites is 2. The largest absolute Gasteiger partial charge is 0.378 e. The molecule has 0 unspecified atom stereocenters. The first-order valence-electron chi connectivity index (χ1n) is 7.60. The molecule has 22 heavy (non-hydrogen) atoms. The average Bonchev–Trinajstić information content (AvgIpc) is 2.57. The lowest BCUT2D eigenvalue weighted by Crippen LogP contribution is -2.36. The quantitative estimate of drug-likeness (QED) is 0.688. The molecule has 1 fully saturated rings. The van der Waals surface area contributed by atoms with Crippen LogP contribution in [0.15, 0.2) is 46.5 Å². The molecule has 1 aromatic rings. The zero-order valence-electron chi connectivity index (χ0n) is 13.8. The Kier molecular flexibility index (Phi) is 7.92.